The first-order valence-corrected chi connectivity index (χ1v) is 10.3. The number of carbonyl (C=O) groups is 1. The van der Waals surface area contributed by atoms with Crippen LogP contribution in [0.3, 0.4) is 0 Å². The molecule has 1 amide bonds. The Morgan fingerprint density at radius 3 is 2.29 bits per heavy atom. The molecule has 0 heterocycles. The van der Waals surface area contributed by atoms with Crippen LogP contribution in [0.2, 0.25) is 5.02 Å². The van der Waals surface area contributed by atoms with Gasteiger partial charge in [0.2, 0.25) is 0 Å². The van der Waals surface area contributed by atoms with Gasteiger partial charge in [0.1, 0.15) is 0 Å². The molecular weight excluding hydrogens is 396 g/mol. The Morgan fingerprint density at radius 1 is 0.964 bits per heavy atom. The summed E-state index contributed by atoms with van der Waals surface area (Å²) in [5.41, 5.74) is 1.95. The molecule has 0 spiro atoms. The average molecular weight is 415 g/mol. The highest BCUT2D eigenvalue weighted by Crippen LogP contribution is 2.27. The van der Waals surface area contributed by atoms with Gasteiger partial charge < -0.3 is 5.32 Å². The van der Waals surface area contributed by atoms with Crippen LogP contribution in [0.25, 0.3) is 0 Å². The molecule has 0 saturated heterocycles. The predicted octanol–water partition coefficient (Wildman–Crippen LogP) is 4.73. The summed E-state index contributed by atoms with van der Waals surface area (Å²) < 4.78 is 27.0. The van der Waals surface area contributed by atoms with Gasteiger partial charge in [0.05, 0.1) is 16.1 Å². The summed E-state index contributed by atoms with van der Waals surface area (Å²) >= 11 is 5.96. The molecule has 0 aromatic heterocycles. The number of rotatable bonds is 5. The highest BCUT2D eigenvalue weighted by atomic mass is 35.5. The van der Waals surface area contributed by atoms with Gasteiger partial charge in [-0.2, -0.15) is 0 Å². The van der Waals surface area contributed by atoms with E-state index in [1.807, 2.05) is 6.92 Å². The maximum atomic E-state index is 12.9. The van der Waals surface area contributed by atoms with E-state index in [1.54, 1.807) is 60.7 Å². The Labute approximate surface area is 169 Å². The first-order chi connectivity index (χ1) is 13.3. The number of para-hydroxylation sites is 1. The van der Waals surface area contributed by atoms with Crippen molar-refractivity contribution in [3.05, 3.63) is 88.9 Å². The van der Waals surface area contributed by atoms with Crippen molar-refractivity contribution in [2.24, 2.45) is 0 Å². The molecule has 0 saturated carbocycles. The minimum Gasteiger partial charge on any atom is -0.322 e. The Hall–Kier alpha value is -2.83. The van der Waals surface area contributed by atoms with E-state index >= 15 is 0 Å². The largest absolute Gasteiger partial charge is 0.322 e. The van der Waals surface area contributed by atoms with Gasteiger partial charge in [-0.1, -0.05) is 41.9 Å². The fraction of sp³-hybridized carbons (Fsp3) is 0.0952. The zero-order valence-electron chi connectivity index (χ0n) is 15.4. The Morgan fingerprint density at radius 2 is 1.61 bits per heavy atom. The minimum absolute atomic E-state index is 0.154. The number of sulfonamides is 1. The van der Waals surface area contributed by atoms with E-state index in [1.165, 1.54) is 19.2 Å². The lowest BCUT2D eigenvalue weighted by atomic mass is 10.1. The first kappa shape index (κ1) is 19.9. The molecule has 28 heavy (non-hydrogen) atoms. The standard InChI is InChI=1S/C21H19ClN2O3S/c1-15-14-16(22)12-13-19(15)23-21(25)18-10-6-7-11-20(18)24(2)28(26,27)17-8-4-3-5-9-17/h3-14H,1-2H3,(H,23,25). The smallest absolute Gasteiger partial charge is 0.264 e. The summed E-state index contributed by atoms with van der Waals surface area (Å²) in [4.78, 5) is 13.0. The molecule has 3 aromatic rings. The molecule has 3 aromatic carbocycles. The van der Waals surface area contributed by atoms with Crippen LogP contribution in [-0.2, 0) is 10.0 Å². The molecule has 144 valence electrons. The lowest BCUT2D eigenvalue weighted by Gasteiger charge is -2.22. The second-order valence-corrected chi connectivity index (χ2v) is 8.62. The molecule has 0 aliphatic heterocycles. The molecule has 0 fully saturated rings. The monoisotopic (exact) mass is 414 g/mol. The lowest BCUT2D eigenvalue weighted by molar-refractivity contribution is 0.102. The SMILES string of the molecule is Cc1cc(Cl)ccc1NC(=O)c1ccccc1N(C)S(=O)(=O)c1ccccc1. The molecule has 3 rings (SSSR count). The fourth-order valence-corrected chi connectivity index (χ4v) is 4.24. The summed E-state index contributed by atoms with van der Waals surface area (Å²) in [5, 5.41) is 3.39. The third kappa shape index (κ3) is 4.03. The number of nitrogens with zero attached hydrogens (tertiary/aromatic N) is 1. The van der Waals surface area contributed by atoms with Gasteiger partial charge in [-0.05, 0) is 55.0 Å². The van der Waals surface area contributed by atoms with Crippen LogP contribution < -0.4 is 9.62 Å². The highest BCUT2D eigenvalue weighted by molar-refractivity contribution is 7.92. The molecule has 0 aliphatic carbocycles. The number of carbonyl (C=O) groups excluding carboxylic acids is 1. The second-order valence-electron chi connectivity index (χ2n) is 6.22. The minimum atomic E-state index is -3.80. The van der Waals surface area contributed by atoms with Crippen molar-refractivity contribution in [1.29, 1.82) is 0 Å². The number of halogens is 1. The number of anilines is 2. The van der Waals surface area contributed by atoms with E-state index < -0.39 is 15.9 Å². The molecule has 1 N–H and O–H groups in total. The normalized spacial score (nSPS) is 11.1. The highest BCUT2D eigenvalue weighted by Gasteiger charge is 2.25. The van der Waals surface area contributed by atoms with Crippen LogP contribution in [0.1, 0.15) is 15.9 Å². The van der Waals surface area contributed by atoms with E-state index in [0.717, 1.165) is 9.87 Å². The van der Waals surface area contributed by atoms with Crippen molar-refractivity contribution in [2.75, 3.05) is 16.7 Å². The number of aryl methyl sites for hydroxylation is 1. The molecular formula is C21H19ClN2O3S. The van der Waals surface area contributed by atoms with Gasteiger partial charge in [0, 0.05) is 17.8 Å². The number of hydrogen-bond acceptors (Lipinski definition) is 3. The summed E-state index contributed by atoms with van der Waals surface area (Å²) in [6.07, 6.45) is 0. The third-order valence-corrected chi connectivity index (χ3v) is 6.35. The van der Waals surface area contributed by atoms with Crippen molar-refractivity contribution < 1.29 is 13.2 Å². The first-order valence-electron chi connectivity index (χ1n) is 8.51. The summed E-state index contributed by atoms with van der Waals surface area (Å²) in [5.74, 6) is -0.406. The van der Waals surface area contributed by atoms with Gasteiger partial charge in [0.15, 0.2) is 0 Å². The lowest BCUT2D eigenvalue weighted by Crippen LogP contribution is -2.29. The number of amides is 1. The van der Waals surface area contributed by atoms with E-state index in [-0.39, 0.29) is 16.1 Å². The van der Waals surface area contributed by atoms with Gasteiger partial charge in [-0.15, -0.1) is 0 Å². The van der Waals surface area contributed by atoms with Crippen LogP contribution in [0.15, 0.2) is 77.7 Å². The van der Waals surface area contributed by atoms with Crippen LogP contribution in [-0.4, -0.2) is 21.4 Å². The average Bonchev–Trinajstić information content (AvgIpc) is 2.70. The summed E-state index contributed by atoms with van der Waals surface area (Å²) in [6, 6.07) is 19.8. The molecule has 0 radical (unpaired) electrons. The second kappa shape index (κ2) is 8.04. The molecule has 0 atom stereocenters. The summed E-state index contributed by atoms with van der Waals surface area (Å²) in [7, 11) is -2.37. The Bertz CT molecular complexity index is 1120. The molecule has 7 heteroatoms. The molecule has 0 aliphatic rings. The Kier molecular flexibility index (Phi) is 5.72. The zero-order valence-corrected chi connectivity index (χ0v) is 17.0. The van der Waals surface area contributed by atoms with Gasteiger partial charge in [-0.3, -0.25) is 9.10 Å². The predicted molar refractivity (Wildman–Crippen MR) is 113 cm³/mol. The van der Waals surface area contributed by atoms with Crippen molar-refractivity contribution in [1.82, 2.24) is 0 Å². The molecule has 0 bridgehead atoms. The maximum absolute atomic E-state index is 12.9. The van der Waals surface area contributed by atoms with Crippen molar-refractivity contribution in [3.63, 3.8) is 0 Å². The van der Waals surface area contributed by atoms with Gasteiger partial charge in [-0.25, -0.2) is 8.42 Å². The molecule has 5 nitrogen and oxygen atoms in total. The number of hydrogen-bond donors (Lipinski definition) is 1. The van der Waals surface area contributed by atoms with Crippen LogP contribution in [0.5, 0.6) is 0 Å². The van der Waals surface area contributed by atoms with Crippen molar-refractivity contribution in [3.8, 4) is 0 Å². The van der Waals surface area contributed by atoms with Crippen LogP contribution in [0.4, 0.5) is 11.4 Å². The quantitative estimate of drug-likeness (QED) is 0.656. The van der Waals surface area contributed by atoms with Gasteiger partial charge >= 0.3 is 0 Å². The zero-order chi connectivity index (χ0) is 20.3. The van der Waals surface area contributed by atoms with E-state index in [9.17, 15) is 13.2 Å². The fourth-order valence-electron chi connectivity index (χ4n) is 2.78. The van der Waals surface area contributed by atoms with E-state index in [4.69, 9.17) is 11.6 Å². The number of nitrogens with one attached hydrogen (secondary N) is 1. The van der Waals surface area contributed by atoms with Crippen LogP contribution >= 0.6 is 11.6 Å². The third-order valence-electron chi connectivity index (χ3n) is 4.33. The Balaban J connectivity index is 1.96. The topological polar surface area (TPSA) is 66.5 Å². The maximum Gasteiger partial charge on any atom is 0.264 e. The van der Waals surface area contributed by atoms with Crippen molar-refractivity contribution >= 4 is 38.9 Å². The van der Waals surface area contributed by atoms with Gasteiger partial charge in [0.25, 0.3) is 15.9 Å². The van der Waals surface area contributed by atoms with Crippen LogP contribution in [0, 0.1) is 6.92 Å². The summed E-state index contributed by atoms with van der Waals surface area (Å²) in [6.45, 7) is 1.83. The number of benzene rings is 3. The van der Waals surface area contributed by atoms with E-state index in [2.05, 4.69) is 5.32 Å². The molecule has 0 unspecified atom stereocenters. The van der Waals surface area contributed by atoms with E-state index in [0.29, 0.717) is 10.7 Å². The van der Waals surface area contributed by atoms with Crippen molar-refractivity contribution in [2.45, 2.75) is 11.8 Å².